The van der Waals surface area contributed by atoms with Crippen molar-refractivity contribution in [2.45, 2.75) is 44.3 Å². The molecule has 0 spiro atoms. The van der Waals surface area contributed by atoms with Crippen molar-refractivity contribution >= 4 is 40.6 Å². The molecule has 13 nitrogen and oxygen atoms in total. The molecule has 0 saturated carbocycles. The van der Waals surface area contributed by atoms with Gasteiger partial charge in [-0.05, 0) is 31.4 Å². The highest BCUT2D eigenvalue weighted by molar-refractivity contribution is 5.94. The maximum Gasteiger partial charge on any atom is 0.322 e. The van der Waals surface area contributed by atoms with Crippen molar-refractivity contribution in [1.29, 1.82) is 0 Å². The van der Waals surface area contributed by atoms with Gasteiger partial charge in [-0.25, -0.2) is 0 Å². The van der Waals surface area contributed by atoms with Crippen molar-refractivity contribution in [1.82, 2.24) is 20.9 Å². The van der Waals surface area contributed by atoms with Gasteiger partial charge in [0.15, 0.2) is 5.96 Å². The van der Waals surface area contributed by atoms with Gasteiger partial charge in [-0.3, -0.25) is 24.2 Å². The fourth-order valence-electron chi connectivity index (χ4n) is 3.35. The molecule has 3 atom stereocenters. The molecular formula is C22H32N8O5. The highest BCUT2D eigenvalue weighted by Crippen LogP contribution is 2.19. The van der Waals surface area contributed by atoms with E-state index >= 15 is 0 Å². The summed E-state index contributed by atoms with van der Waals surface area (Å²) in [7, 11) is 0. The minimum atomic E-state index is -1.21. The van der Waals surface area contributed by atoms with Crippen LogP contribution in [0.3, 0.4) is 0 Å². The molecule has 0 bridgehead atoms. The standard InChI is InChI=1S/C22H32N8O5/c1-12(19(33)28-11-18(31)32)29-21(35)17(9-13-10-27-16-7-3-2-5-14(13)16)30-20(34)15(23)6-4-8-26-22(24)25/h2-3,5,7,10,12,15,17,27H,4,6,8-9,11,23H2,1H3,(H,28,33)(H,29,35)(H,30,34)(H,31,32)(H4,24,25,26). The summed E-state index contributed by atoms with van der Waals surface area (Å²) in [5.41, 5.74) is 18.2. The van der Waals surface area contributed by atoms with Crippen LogP contribution in [0.1, 0.15) is 25.3 Å². The number of aromatic nitrogens is 1. The highest BCUT2D eigenvalue weighted by atomic mass is 16.4. The molecule has 1 heterocycles. The Morgan fingerprint density at radius 2 is 1.80 bits per heavy atom. The molecule has 35 heavy (non-hydrogen) atoms. The van der Waals surface area contributed by atoms with Gasteiger partial charge < -0.3 is 43.2 Å². The number of aromatic amines is 1. The number of para-hydroxylation sites is 1. The third-order valence-electron chi connectivity index (χ3n) is 5.20. The van der Waals surface area contributed by atoms with Crippen LogP contribution in [0.25, 0.3) is 10.9 Å². The summed E-state index contributed by atoms with van der Waals surface area (Å²) in [6.45, 7) is 1.14. The summed E-state index contributed by atoms with van der Waals surface area (Å²) in [4.78, 5) is 55.5. The number of carboxylic acid groups (broad SMARTS) is 1. The van der Waals surface area contributed by atoms with E-state index in [0.29, 0.717) is 13.0 Å². The van der Waals surface area contributed by atoms with E-state index in [1.807, 2.05) is 24.3 Å². The van der Waals surface area contributed by atoms with Gasteiger partial charge in [0.2, 0.25) is 17.7 Å². The summed E-state index contributed by atoms with van der Waals surface area (Å²) < 4.78 is 0. The van der Waals surface area contributed by atoms with E-state index in [1.54, 1.807) is 6.20 Å². The zero-order chi connectivity index (χ0) is 26.0. The van der Waals surface area contributed by atoms with Crippen molar-refractivity contribution in [3.05, 3.63) is 36.0 Å². The number of nitrogens with zero attached hydrogens (tertiary/aromatic N) is 1. The van der Waals surface area contributed by atoms with Gasteiger partial charge in [0.1, 0.15) is 18.6 Å². The second-order valence-corrected chi connectivity index (χ2v) is 8.02. The first-order chi connectivity index (χ1) is 16.6. The molecule has 0 saturated heterocycles. The van der Waals surface area contributed by atoms with Crippen LogP contribution in [0.2, 0.25) is 0 Å². The van der Waals surface area contributed by atoms with E-state index in [4.69, 9.17) is 22.3 Å². The Kier molecular flexibility index (Phi) is 10.0. The number of hydrogen-bond donors (Lipinski definition) is 8. The number of rotatable bonds is 13. The van der Waals surface area contributed by atoms with E-state index in [-0.39, 0.29) is 18.8 Å². The Morgan fingerprint density at radius 1 is 1.09 bits per heavy atom. The largest absolute Gasteiger partial charge is 0.480 e. The first kappa shape index (κ1) is 27.1. The lowest BCUT2D eigenvalue weighted by Crippen LogP contribution is -2.56. The molecule has 13 heteroatoms. The van der Waals surface area contributed by atoms with Gasteiger partial charge in [-0.1, -0.05) is 18.2 Å². The molecule has 1 aromatic heterocycles. The zero-order valence-electron chi connectivity index (χ0n) is 19.4. The number of nitrogens with one attached hydrogen (secondary N) is 4. The summed E-state index contributed by atoms with van der Waals surface area (Å²) in [6.07, 6.45) is 2.63. The molecule has 3 unspecified atom stereocenters. The molecule has 190 valence electrons. The van der Waals surface area contributed by atoms with Crippen LogP contribution in [0.5, 0.6) is 0 Å². The maximum absolute atomic E-state index is 13.0. The SMILES string of the molecule is CC(NC(=O)C(Cc1c[nH]c2ccccc12)NC(=O)C(N)CCCN=C(N)N)C(=O)NCC(=O)O. The summed E-state index contributed by atoms with van der Waals surface area (Å²) >= 11 is 0. The predicted octanol–water partition coefficient (Wildman–Crippen LogP) is -1.72. The van der Waals surface area contributed by atoms with Crippen LogP contribution in [-0.4, -0.2) is 71.0 Å². The first-order valence-electron chi connectivity index (χ1n) is 11.0. The molecule has 0 radical (unpaired) electrons. The number of H-pyrrole nitrogens is 1. The lowest BCUT2D eigenvalue weighted by molar-refractivity contribution is -0.138. The van der Waals surface area contributed by atoms with Crippen LogP contribution < -0.4 is 33.2 Å². The molecule has 2 rings (SSSR count). The quantitative estimate of drug-likeness (QED) is 0.0915. The van der Waals surface area contributed by atoms with E-state index in [1.165, 1.54) is 6.92 Å². The van der Waals surface area contributed by atoms with Crippen molar-refractivity contribution in [3.8, 4) is 0 Å². The monoisotopic (exact) mass is 488 g/mol. The Morgan fingerprint density at radius 3 is 2.49 bits per heavy atom. The molecule has 0 aliphatic carbocycles. The fraction of sp³-hybridized carbons (Fsp3) is 0.409. The first-order valence-corrected chi connectivity index (χ1v) is 11.0. The minimum Gasteiger partial charge on any atom is -0.480 e. The second-order valence-electron chi connectivity index (χ2n) is 8.02. The van der Waals surface area contributed by atoms with Crippen LogP contribution >= 0.6 is 0 Å². The second kappa shape index (κ2) is 12.9. The molecular weight excluding hydrogens is 456 g/mol. The summed E-state index contributed by atoms with van der Waals surface area (Å²) in [5, 5.41) is 17.0. The molecule has 1 aromatic carbocycles. The van der Waals surface area contributed by atoms with Crippen LogP contribution in [0, 0.1) is 0 Å². The Hall–Kier alpha value is -4.13. The molecule has 0 fully saturated rings. The predicted molar refractivity (Wildman–Crippen MR) is 130 cm³/mol. The molecule has 11 N–H and O–H groups in total. The number of hydrogen-bond acceptors (Lipinski definition) is 6. The normalized spacial score (nSPS) is 13.3. The molecule has 2 aromatic rings. The van der Waals surface area contributed by atoms with E-state index in [0.717, 1.165) is 16.5 Å². The van der Waals surface area contributed by atoms with Gasteiger partial charge in [0, 0.05) is 30.1 Å². The van der Waals surface area contributed by atoms with Crippen molar-refractivity contribution in [3.63, 3.8) is 0 Å². The average Bonchev–Trinajstić information content (AvgIpc) is 3.22. The lowest BCUT2D eigenvalue weighted by Gasteiger charge is -2.22. The molecule has 0 aliphatic heterocycles. The Balaban J connectivity index is 2.11. The average molecular weight is 489 g/mol. The number of guanidine groups is 1. The minimum absolute atomic E-state index is 0.0556. The van der Waals surface area contributed by atoms with E-state index in [9.17, 15) is 19.2 Å². The maximum atomic E-state index is 13.0. The lowest BCUT2D eigenvalue weighted by atomic mass is 10.0. The third kappa shape index (κ3) is 8.62. The van der Waals surface area contributed by atoms with E-state index in [2.05, 4.69) is 25.9 Å². The van der Waals surface area contributed by atoms with Gasteiger partial charge in [-0.15, -0.1) is 0 Å². The number of aliphatic imine (C=N–C) groups is 1. The summed E-state index contributed by atoms with van der Waals surface area (Å²) in [6, 6.07) is 4.52. The topological polar surface area (TPSA) is 231 Å². The van der Waals surface area contributed by atoms with Gasteiger partial charge in [0.05, 0.1) is 6.04 Å². The van der Waals surface area contributed by atoms with Crippen molar-refractivity contribution in [2.75, 3.05) is 13.1 Å². The number of carbonyl (C=O) groups is 4. The third-order valence-corrected chi connectivity index (χ3v) is 5.20. The Bertz CT molecular complexity index is 1080. The van der Waals surface area contributed by atoms with Crippen molar-refractivity contribution < 1.29 is 24.3 Å². The number of nitrogens with two attached hydrogens (primary N) is 3. The zero-order valence-corrected chi connectivity index (χ0v) is 19.4. The fourth-order valence-corrected chi connectivity index (χ4v) is 3.35. The van der Waals surface area contributed by atoms with Gasteiger partial charge in [0.25, 0.3) is 0 Å². The summed E-state index contributed by atoms with van der Waals surface area (Å²) in [5.74, 6) is -3.10. The van der Waals surface area contributed by atoms with E-state index < -0.39 is 48.4 Å². The number of fused-ring (bicyclic) bond motifs is 1. The number of amides is 3. The van der Waals surface area contributed by atoms with Gasteiger partial charge in [-0.2, -0.15) is 0 Å². The number of benzene rings is 1. The number of aliphatic carboxylic acids is 1. The van der Waals surface area contributed by atoms with Crippen LogP contribution in [-0.2, 0) is 25.6 Å². The smallest absolute Gasteiger partial charge is 0.322 e. The number of carbonyl (C=O) groups excluding carboxylic acids is 3. The van der Waals surface area contributed by atoms with Gasteiger partial charge >= 0.3 is 5.97 Å². The Labute approximate surface area is 201 Å². The highest BCUT2D eigenvalue weighted by Gasteiger charge is 2.27. The molecule has 0 aliphatic rings. The number of carboxylic acids is 1. The van der Waals surface area contributed by atoms with Crippen molar-refractivity contribution in [2.24, 2.45) is 22.2 Å². The van der Waals surface area contributed by atoms with Crippen LogP contribution in [0.4, 0.5) is 0 Å². The van der Waals surface area contributed by atoms with Crippen LogP contribution in [0.15, 0.2) is 35.5 Å². The molecule has 3 amide bonds.